The van der Waals surface area contributed by atoms with E-state index in [4.69, 9.17) is 4.74 Å². The summed E-state index contributed by atoms with van der Waals surface area (Å²) in [5.74, 6) is 0.195. The number of hydrogen-bond donors (Lipinski definition) is 0. The van der Waals surface area contributed by atoms with Crippen LogP contribution >= 0.6 is 0 Å². The SMILES string of the molecule is CN1CC[C@@H]2OCCN(C(=O)c3ncn(C(C)(C)C)n3)[C@H]2C1. The Labute approximate surface area is 131 Å². The van der Waals surface area contributed by atoms with E-state index >= 15 is 0 Å². The molecule has 2 atom stereocenters. The standard InChI is InChI=1S/C15H25N5O2/c1-15(2,3)20-10-16-13(17-20)14(21)19-7-8-22-12-5-6-18(4)9-11(12)19/h10-12H,5-9H2,1-4H3/t11-,12-/m0/s1. The Kier molecular flexibility index (Phi) is 3.94. The number of likely N-dealkylation sites (tertiary alicyclic amines) is 1. The zero-order valence-corrected chi connectivity index (χ0v) is 13.8. The van der Waals surface area contributed by atoms with Crippen molar-refractivity contribution in [1.29, 1.82) is 0 Å². The van der Waals surface area contributed by atoms with Crippen LogP contribution in [0, 0.1) is 0 Å². The number of fused-ring (bicyclic) bond motifs is 1. The third kappa shape index (κ3) is 2.87. The fourth-order valence-electron chi connectivity index (χ4n) is 3.09. The molecule has 0 bridgehead atoms. The van der Waals surface area contributed by atoms with Crippen LogP contribution in [0.4, 0.5) is 0 Å². The van der Waals surface area contributed by atoms with Gasteiger partial charge in [0.1, 0.15) is 6.33 Å². The van der Waals surface area contributed by atoms with Crippen molar-refractivity contribution in [2.24, 2.45) is 0 Å². The number of amides is 1. The van der Waals surface area contributed by atoms with Crippen molar-refractivity contribution in [1.82, 2.24) is 24.6 Å². The summed E-state index contributed by atoms with van der Waals surface area (Å²) in [6, 6.07) is 0.0987. The molecule has 1 aromatic heterocycles. The average molecular weight is 307 g/mol. The lowest BCUT2D eigenvalue weighted by Crippen LogP contribution is -2.60. The lowest BCUT2D eigenvalue weighted by molar-refractivity contribution is -0.0872. The fourth-order valence-corrected chi connectivity index (χ4v) is 3.09. The molecule has 3 rings (SSSR count). The van der Waals surface area contributed by atoms with Gasteiger partial charge >= 0.3 is 0 Å². The highest BCUT2D eigenvalue weighted by molar-refractivity contribution is 5.90. The molecule has 7 heteroatoms. The van der Waals surface area contributed by atoms with Crippen molar-refractivity contribution in [2.45, 2.75) is 44.9 Å². The predicted molar refractivity (Wildman–Crippen MR) is 81.7 cm³/mol. The minimum Gasteiger partial charge on any atom is -0.374 e. The minimum atomic E-state index is -0.176. The first-order valence-electron chi connectivity index (χ1n) is 7.89. The molecule has 0 aliphatic carbocycles. The molecule has 0 saturated carbocycles. The number of carbonyl (C=O) groups is 1. The zero-order valence-electron chi connectivity index (χ0n) is 13.8. The maximum Gasteiger partial charge on any atom is 0.293 e. The van der Waals surface area contributed by atoms with E-state index in [1.807, 2.05) is 25.7 Å². The van der Waals surface area contributed by atoms with Crippen molar-refractivity contribution in [3.63, 3.8) is 0 Å². The van der Waals surface area contributed by atoms with Crippen molar-refractivity contribution < 1.29 is 9.53 Å². The van der Waals surface area contributed by atoms with Crippen LogP contribution in [0.25, 0.3) is 0 Å². The Balaban J connectivity index is 1.80. The van der Waals surface area contributed by atoms with Crippen LogP contribution in [-0.4, -0.2) is 75.9 Å². The van der Waals surface area contributed by atoms with Crippen LogP contribution in [0.2, 0.25) is 0 Å². The maximum atomic E-state index is 12.8. The highest BCUT2D eigenvalue weighted by atomic mass is 16.5. The van der Waals surface area contributed by atoms with E-state index in [-0.39, 0.29) is 29.4 Å². The van der Waals surface area contributed by atoms with E-state index in [9.17, 15) is 4.79 Å². The second-order valence-electron chi connectivity index (χ2n) is 7.21. The molecule has 2 fully saturated rings. The number of ether oxygens (including phenoxy) is 1. The Morgan fingerprint density at radius 3 is 2.82 bits per heavy atom. The summed E-state index contributed by atoms with van der Waals surface area (Å²) in [5.41, 5.74) is -0.176. The normalized spacial score (nSPS) is 26.8. The van der Waals surface area contributed by atoms with Gasteiger partial charge in [-0.3, -0.25) is 4.79 Å². The fraction of sp³-hybridized carbons (Fsp3) is 0.800. The molecule has 22 heavy (non-hydrogen) atoms. The Morgan fingerprint density at radius 1 is 1.36 bits per heavy atom. The van der Waals surface area contributed by atoms with Gasteiger partial charge in [0.05, 0.1) is 24.3 Å². The molecule has 2 aliphatic heterocycles. The molecule has 0 N–H and O–H groups in total. The summed E-state index contributed by atoms with van der Waals surface area (Å²) in [6.07, 6.45) is 2.74. The van der Waals surface area contributed by atoms with Crippen LogP contribution in [0.5, 0.6) is 0 Å². The number of morpholine rings is 1. The second-order valence-corrected chi connectivity index (χ2v) is 7.21. The van der Waals surface area contributed by atoms with Gasteiger partial charge in [0.2, 0.25) is 5.82 Å². The average Bonchev–Trinajstić information content (AvgIpc) is 2.95. The Bertz CT molecular complexity index is 550. The first-order chi connectivity index (χ1) is 10.4. The maximum absolute atomic E-state index is 12.8. The third-order valence-corrected chi connectivity index (χ3v) is 4.42. The number of nitrogens with zero attached hydrogens (tertiary/aromatic N) is 5. The largest absolute Gasteiger partial charge is 0.374 e. The van der Waals surface area contributed by atoms with E-state index in [0.717, 1.165) is 19.5 Å². The molecule has 0 radical (unpaired) electrons. The van der Waals surface area contributed by atoms with Crippen LogP contribution in [-0.2, 0) is 10.3 Å². The highest BCUT2D eigenvalue weighted by Gasteiger charge is 2.39. The molecule has 0 unspecified atom stereocenters. The van der Waals surface area contributed by atoms with Crippen LogP contribution in [0.3, 0.4) is 0 Å². The molecule has 0 aromatic carbocycles. The number of hydrogen-bond acceptors (Lipinski definition) is 5. The van der Waals surface area contributed by atoms with Gasteiger partial charge in [0.15, 0.2) is 0 Å². The molecular weight excluding hydrogens is 282 g/mol. The van der Waals surface area contributed by atoms with E-state index in [1.165, 1.54) is 0 Å². The molecule has 3 heterocycles. The number of likely N-dealkylation sites (N-methyl/N-ethyl adjacent to an activating group) is 1. The van der Waals surface area contributed by atoms with Crippen molar-refractivity contribution in [3.05, 3.63) is 12.2 Å². The lowest BCUT2D eigenvalue weighted by atomic mass is 9.99. The summed E-state index contributed by atoms with van der Waals surface area (Å²) in [5, 5.41) is 4.37. The molecule has 0 spiro atoms. The number of aromatic nitrogens is 3. The van der Waals surface area contributed by atoms with Crippen LogP contribution < -0.4 is 0 Å². The number of carbonyl (C=O) groups excluding carboxylic acids is 1. The predicted octanol–water partition coefficient (Wildman–Crippen LogP) is 0.578. The van der Waals surface area contributed by atoms with Gasteiger partial charge in [0, 0.05) is 19.6 Å². The smallest absolute Gasteiger partial charge is 0.293 e. The molecule has 1 aromatic rings. The van der Waals surface area contributed by atoms with Gasteiger partial charge in [-0.25, -0.2) is 9.67 Å². The quantitative estimate of drug-likeness (QED) is 0.759. The highest BCUT2D eigenvalue weighted by Crippen LogP contribution is 2.23. The Morgan fingerprint density at radius 2 is 2.14 bits per heavy atom. The van der Waals surface area contributed by atoms with Crippen molar-refractivity contribution >= 4 is 5.91 Å². The Hall–Kier alpha value is -1.47. The summed E-state index contributed by atoms with van der Waals surface area (Å²) in [6.45, 7) is 9.18. The van der Waals surface area contributed by atoms with Gasteiger partial charge in [-0.1, -0.05) is 0 Å². The lowest BCUT2D eigenvalue weighted by Gasteiger charge is -2.45. The summed E-state index contributed by atoms with van der Waals surface area (Å²) < 4.78 is 7.58. The number of rotatable bonds is 1. The van der Waals surface area contributed by atoms with Gasteiger partial charge < -0.3 is 14.5 Å². The first-order valence-corrected chi connectivity index (χ1v) is 7.89. The number of piperidine rings is 1. The van der Waals surface area contributed by atoms with Gasteiger partial charge in [-0.2, -0.15) is 0 Å². The van der Waals surface area contributed by atoms with Crippen LogP contribution in [0.15, 0.2) is 6.33 Å². The molecule has 2 saturated heterocycles. The molecule has 122 valence electrons. The van der Waals surface area contributed by atoms with Crippen molar-refractivity contribution in [3.8, 4) is 0 Å². The second kappa shape index (κ2) is 5.62. The van der Waals surface area contributed by atoms with Gasteiger partial charge in [-0.05, 0) is 34.2 Å². The summed E-state index contributed by atoms with van der Waals surface area (Å²) >= 11 is 0. The summed E-state index contributed by atoms with van der Waals surface area (Å²) in [7, 11) is 2.08. The zero-order chi connectivity index (χ0) is 15.9. The molecule has 2 aliphatic rings. The summed E-state index contributed by atoms with van der Waals surface area (Å²) in [4.78, 5) is 21.2. The van der Waals surface area contributed by atoms with Crippen LogP contribution in [0.1, 0.15) is 37.8 Å². The molecule has 7 nitrogen and oxygen atoms in total. The van der Waals surface area contributed by atoms with E-state index in [1.54, 1.807) is 11.0 Å². The van der Waals surface area contributed by atoms with E-state index < -0.39 is 0 Å². The third-order valence-electron chi connectivity index (χ3n) is 4.42. The first kappa shape index (κ1) is 15.4. The molecular formula is C15H25N5O2. The van der Waals surface area contributed by atoms with Gasteiger partial charge in [-0.15, -0.1) is 5.10 Å². The van der Waals surface area contributed by atoms with Gasteiger partial charge in [0.25, 0.3) is 5.91 Å². The topological polar surface area (TPSA) is 63.5 Å². The monoisotopic (exact) mass is 307 g/mol. The van der Waals surface area contributed by atoms with Crippen molar-refractivity contribution in [2.75, 3.05) is 33.3 Å². The van der Waals surface area contributed by atoms with E-state index in [0.29, 0.717) is 13.2 Å². The molecule has 1 amide bonds. The van der Waals surface area contributed by atoms with E-state index in [2.05, 4.69) is 22.0 Å². The minimum absolute atomic E-state index is 0.0865.